The number of hydrogen-bond acceptors (Lipinski definition) is 2. The third kappa shape index (κ3) is 3.99. The van der Waals surface area contributed by atoms with Crippen molar-refractivity contribution in [2.45, 2.75) is 24.6 Å². The van der Waals surface area contributed by atoms with Crippen molar-refractivity contribution in [2.75, 3.05) is 0 Å². The molecule has 132 valence electrons. The summed E-state index contributed by atoms with van der Waals surface area (Å²) in [6.45, 7) is 1.07. The molecule has 0 heterocycles. The number of carbonyl (C=O) groups is 2. The second-order valence-corrected chi connectivity index (χ2v) is 5.71. The number of nitrogens with one attached hydrogen (secondary N) is 1. The molecule has 2 N–H and O–H groups in total. The van der Waals surface area contributed by atoms with Gasteiger partial charge in [0, 0.05) is 5.92 Å². The summed E-state index contributed by atoms with van der Waals surface area (Å²) in [7, 11) is 0. The van der Waals surface area contributed by atoms with Gasteiger partial charge in [-0.05, 0) is 18.1 Å². The molecular formula is C18H16F3NO3. The molecule has 2 aromatic carbocycles. The van der Waals surface area contributed by atoms with E-state index in [1.807, 2.05) is 0 Å². The van der Waals surface area contributed by atoms with Crippen molar-refractivity contribution in [3.8, 4) is 0 Å². The number of benzene rings is 2. The first-order valence-corrected chi connectivity index (χ1v) is 7.39. The molecule has 2 rings (SSSR count). The highest BCUT2D eigenvalue weighted by atomic mass is 19.4. The third-order valence-corrected chi connectivity index (χ3v) is 3.92. The monoisotopic (exact) mass is 351 g/mol. The molecule has 0 aliphatic carbocycles. The van der Waals surface area contributed by atoms with Crippen molar-refractivity contribution in [3.05, 3.63) is 71.8 Å². The lowest BCUT2D eigenvalue weighted by Gasteiger charge is -2.35. The summed E-state index contributed by atoms with van der Waals surface area (Å²) in [4.78, 5) is 23.3. The molecule has 1 unspecified atom stereocenters. The van der Waals surface area contributed by atoms with E-state index in [2.05, 4.69) is 0 Å². The number of carboxylic acids is 1. The van der Waals surface area contributed by atoms with Crippen LogP contribution in [0.25, 0.3) is 0 Å². The van der Waals surface area contributed by atoms with Crippen LogP contribution in [0, 0.1) is 0 Å². The molecule has 0 aliphatic rings. The van der Waals surface area contributed by atoms with E-state index >= 15 is 0 Å². The Morgan fingerprint density at radius 2 is 1.32 bits per heavy atom. The third-order valence-electron chi connectivity index (χ3n) is 3.92. The van der Waals surface area contributed by atoms with Crippen molar-refractivity contribution < 1.29 is 27.9 Å². The Bertz CT molecular complexity index is 708. The van der Waals surface area contributed by atoms with E-state index in [0.29, 0.717) is 11.1 Å². The van der Waals surface area contributed by atoms with E-state index in [-0.39, 0.29) is 0 Å². The number of carbonyl (C=O) groups excluding carboxylic acids is 1. The van der Waals surface area contributed by atoms with E-state index in [0.717, 1.165) is 6.92 Å². The van der Waals surface area contributed by atoms with Gasteiger partial charge in [-0.3, -0.25) is 4.79 Å². The summed E-state index contributed by atoms with van der Waals surface area (Å²) in [5.74, 6) is -4.88. The van der Waals surface area contributed by atoms with Gasteiger partial charge < -0.3 is 10.4 Å². The molecule has 0 spiro atoms. The van der Waals surface area contributed by atoms with Crippen LogP contribution < -0.4 is 5.32 Å². The fourth-order valence-electron chi connectivity index (χ4n) is 2.71. The van der Waals surface area contributed by atoms with Crippen LogP contribution in [0.15, 0.2) is 60.7 Å². The summed E-state index contributed by atoms with van der Waals surface area (Å²) in [5.41, 5.74) is -1.25. The lowest BCUT2D eigenvalue weighted by Crippen LogP contribution is -2.59. The molecule has 0 bridgehead atoms. The molecule has 0 saturated carbocycles. The van der Waals surface area contributed by atoms with Crippen molar-refractivity contribution in [1.29, 1.82) is 0 Å². The molecule has 0 aliphatic heterocycles. The maximum Gasteiger partial charge on any atom is 0.471 e. The molecule has 0 saturated heterocycles. The topological polar surface area (TPSA) is 66.4 Å². The van der Waals surface area contributed by atoms with Crippen LogP contribution in [-0.2, 0) is 9.59 Å². The zero-order valence-corrected chi connectivity index (χ0v) is 13.2. The van der Waals surface area contributed by atoms with Crippen LogP contribution in [-0.4, -0.2) is 28.7 Å². The van der Waals surface area contributed by atoms with Crippen LogP contribution in [0.4, 0.5) is 13.2 Å². The van der Waals surface area contributed by atoms with Crippen LogP contribution in [0.5, 0.6) is 0 Å². The molecule has 1 atom stereocenters. The van der Waals surface area contributed by atoms with Gasteiger partial charge in [0.05, 0.1) is 0 Å². The van der Waals surface area contributed by atoms with Crippen molar-refractivity contribution in [1.82, 2.24) is 5.32 Å². The van der Waals surface area contributed by atoms with E-state index in [4.69, 9.17) is 0 Å². The summed E-state index contributed by atoms with van der Waals surface area (Å²) in [5, 5.41) is 11.3. The average molecular weight is 351 g/mol. The highest BCUT2D eigenvalue weighted by Gasteiger charge is 2.50. The first-order valence-electron chi connectivity index (χ1n) is 7.39. The second-order valence-electron chi connectivity index (χ2n) is 5.71. The molecule has 25 heavy (non-hydrogen) atoms. The predicted molar refractivity (Wildman–Crippen MR) is 85.0 cm³/mol. The van der Waals surface area contributed by atoms with Gasteiger partial charge in [-0.15, -0.1) is 0 Å². The Morgan fingerprint density at radius 3 is 1.64 bits per heavy atom. The number of aliphatic carboxylic acids is 1. The SMILES string of the molecule is CC(NC(=O)C(F)(F)F)(C(=O)O)C(c1ccccc1)c1ccccc1. The first kappa shape index (κ1) is 18.5. The molecular weight excluding hydrogens is 335 g/mol. The van der Waals surface area contributed by atoms with Crippen LogP contribution >= 0.6 is 0 Å². The van der Waals surface area contributed by atoms with E-state index in [9.17, 15) is 27.9 Å². The number of carboxylic acid groups (broad SMARTS) is 1. The molecule has 1 amide bonds. The van der Waals surface area contributed by atoms with E-state index < -0.39 is 29.5 Å². The zero-order chi connectivity index (χ0) is 18.7. The van der Waals surface area contributed by atoms with E-state index in [1.165, 1.54) is 0 Å². The number of rotatable bonds is 5. The smallest absolute Gasteiger partial charge is 0.471 e. The summed E-state index contributed by atoms with van der Waals surface area (Å²) < 4.78 is 38.1. The minimum atomic E-state index is -5.19. The van der Waals surface area contributed by atoms with Crippen molar-refractivity contribution >= 4 is 11.9 Å². The molecule has 0 aromatic heterocycles. The van der Waals surface area contributed by atoms with Gasteiger partial charge in [0.25, 0.3) is 0 Å². The Balaban J connectivity index is 2.59. The first-order chi connectivity index (χ1) is 11.7. The summed E-state index contributed by atoms with van der Waals surface area (Å²) >= 11 is 0. The van der Waals surface area contributed by atoms with Crippen LogP contribution in [0.3, 0.4) is 0 Å². The van der Waals surface area contributed by atoms with Gasteiger partial charge in [-0.1, -0.05) is 60.7 Å². The highest BCUT2D eigenvalue weighted by molar-refractivity contribution is 5.90. The van der Waals surface area contributed by atoms with Gasteiger partial charge in [0.15, 0.2) is 0 Å². The molecule has 2 aromatic rings. The fraction of sp³-hybridized carbons (Fsp3) is 0.222. The zero-order valence-electron chi connectivity index (χ0n) is 13.2. The summed E-state index contributed by atoms with van der Waals surface area (Å²) in [6.07, 6.45) is -5.19. The Hall–Kier alpha value is -2.83. The summed E-state index contributed by atoms with van der Waals surface area (Å²) in [6, 6.07) is 16.5. The van der Waals surface area contributed by atoms with Gasteiger partial charge >= 0.3 is 18.1 Å². The average Bonchev–Trinajstić information content (AvgIpc) is 2.56. The quantitative estimate of drug-likeness (QED) is 0.868. The van der Waals surface area contributed by atoms with Crippen LogP contribution in [0.1, 0.15) is 24.0 Å². The standard InChI is InChI=1S/C18H16F3NO3/c1-17(16(24)25,22-15(23)18(19,20)21)14(12-8-4-2-5-9-12)13-10-6-3-7-11-13/h2-11,14H,1H3,(H,22,23)(H,24,25). The van der Waals surface area contributed by atoms with Gasteiger partial charge in [-0.25, -0.2) is 4.79 Å². The molecule has 4 nitrogen and oxygen atoms in total. The predicted octanol–water partition coefficient (Wildman–Crippen LogP) is 3.34. The minimum Gasteiger partial charge on any atom is -0.479 e. The van der Waals surface area contributed by atoms with E-state index in [1.54, 1.807) is 66.0 Å². The molecule has 0 fully saturated rings. The Kier molecular flexibility index (Phi) is 5.15. The number of halogens is 3. The number of hydrogen-bond donors (Lipinski definition) is 2. The number of amides is 1. The molecule has 0 radical (unpaired) electrons. The minimum absolute atomic E-state index is 0.473. The second kappa shape index (κ2) is 6.96. The Labute approximate surface area is 142 Å². The number of alkyl halides is 3. The lowest BCUT2D eigenvalue weighted by atomic mass is 9.76. The maximum absolute atomic E-state index is 12.7. The highest BCUT2D eigenvalue weighted by Crippen LogP contribution is 2.36. The van der Waals surface area contributed by atoms with Gasteiger partial charge in [0.1, 0.15) is 5.54 Å². The van der Waals surface area contributed by atoms with Crippen molar-refractivity contribution in [2.24, 2.45) is 0 Å². The normalized spacial score (nSPS) is 14.0. The maximum atomic E-state index is 12.7. The molecule has 7 heteroatoms. The fourth-order valence-corrected chi connectivity index (χ4v) is 2.71. The van der Waals surface area contributed by atoms with Crippen molar-refractivity contribution in [3.63, 3.8) is 0 Å². The Morgan fingerprint density at radius 1 is 0.920 bits per heavy atom. The largest absolute Gasteiger partial charge is 0.479 e. The van der Waals surface area contributed by atoms with Crippen LogP contribution in [0.2, 0.25) is 0 Å². The van der Waals surface area contributed by atoms with Gasteiger partial charge in [-0.2, -0.15) is 13.2 Å². The lowest BCUT2D eigenvalue weighted by molar-refractivity contribution is -0.177. The van der Waals surface area contributed by atoms with Gasteiger partial charge in [0.2, 0.25) is 0 Å².